The van der Waals surface area contributed by atoms with E-state index in [1.807, 2.05) is 31.2 Å². The van der Waals surface area contributed by atoms with Gasteiger partial charge in [0.1, 0.15) is 5.03 Å². The van der Waals surface area contributed by atoms with Crippen LogP contribution in [0.25, 0.3) is 0 Å². The van der Waals surface area contributed by atoms with Gasteiger partial charge in [-0.15, -0.1) is 11.8 Å². The summed E-state index contributed by atoms with van der Waals surface area (Å²) in [5.74, 6) is -0.305. The van der Waals surface area contributed by atoms with Crippen molar-refractivity contribution in [2.24, 2.45) is 0 Å². The molecule has 0 spiro atoms. The van der Waals surface area contributed by atoms with Crippen LogP contribution in [0.15, 0.2) is 35.4 Å². The highest BCUT2D eigenvalue weighted by molar-refractivity contribution is 7.98. The Morgan fingerprint density at radius 1 is 1.19 bits per heavy atom. The van der Waals surface area contributed by atoms with Gasteiger partial charge in [-0.3, -0.25) is 0 Å². The average Bonchev–Trinajstić information content (AvgIpc) is 2.44. The minimum absolute atomic E-state index is 0.0230. The Balaban J connectivity index is 2.20. The summed E-state index contributed by atoms with van der Waals surface area (Å²) < 4.78 is 0. The second-order valence-electron chi connectivity index (χ2n) is 4.83. The lowest BCUT2D eigenvalue weighted by Crippen LogP contribution is -2.05. The predicted octanol–water partition coefficient (Wildman–Crippen LogP) is 3.18. The van der Waals surface area contributed by atoms with E-state index in [2.05, 4.69) is 4.98 Å². The van der Waals surface area contributed by atoms with Crippen LogP contribution in [0, 0.1) is 13.8 Å². The van der Waals surface area contributed by atoms with Crippen LogP contribution in [-0.4, -0.2) is 21.2 Å². The first-order chi connectivity index (χ1) is 10.0. The van der Waals surface area contributed by atoms with E-state index in [-0.39, 0.29) is 12.2 Å². The molecular weight excluding hydrogens is 286 g/mol. The number of rotatable bonds is 5. The SMILES string of the molecule is Cc1cc(C)c(C(=O)O)c(SCc2ccc(CO)cc2)n1. The summed E-state index contributed by atoms with van der Waals surface area (Å²) in [6.07, 6.45) is 0. The van der Waals surface area contributed by atoms with Crippen LogP contribution in [-0.2, 0) is 12.4 Å². The second-order valence-corrected chi connectivity index (χ2v) is 5.79. The Labute approximate surface area is 127 Å². The van der Waals surface area contributed by atoms with Gasteiger partial charge in [-0.25, -0.2) is 9.78 Å². The van der Waals surface area contributed by atoms with Gasteiger partial charge in [-0.1, -0.05) is 24.3 Å². The standard InChI is InChI=1S/C16H17NO3S/c1-10-7-11(2)17-15(14(10)16(19)20)21-9-13-5-3-12(8-18)4-6-13/h3-7,18H,8-9H2,1-2H3,(H,19,20). The molecule has 0 aliphatic rings. The molecular formula is C16H17NO3S. The van der Waals surface area contributed by atoms with E-state index in [0.717, 1.165) is 22.4 Å². The lowest BCUT2D eigenvalue weighted by atomic mass is 10.1. The van der Waals surface area contributed by atoms with Crippen LogP contribution in [0.3, 0.4) is 0 Å². The Kier molecular flexibility index (Phi) is 4.98. The van der Waals surface area contributed by atoms with Gasteiger partial charge in [0.15, 0.2) is 0 Å². The van der Waals surface area contributed by atoms with Gasteiger partial charge in [0.25, 0.3) is 0 Å². The number of pyridine rings is 1. The number of thioether (sulfide) groups is 1. The number of aromatic nitrogens is 1. The number of aryl methyl sites for hydroxylation is 2. The fraction of sp³-hybridized carbons (Fsp3) is 0.250. The fourth-order valence-electron chi connectivity index (χ4n) is 2.06. The first-order valence-electron chi connectivity index (χ1n) is 6.54. The molecule has 21 heavy (non-hydrogen) atoms. The summed E-state index contributed by atoms with van der Waals surface area (Å²) in [6, 6.07) is 9.37. The number of carboxylic acid groups (broad SMARTS) is 1. The molecule has 0 radical (unpaired) electrons. The van der Waals surface area contributed by atoms with Gasteiger partial charge in [-0.2, -0.15) is 0 Å². The van der Waals surface area contributed by atoms with E-state index in [1.165, 1.54) is 11.8 Å². The molecule has 0 fully saturated rings. The molecule has 0 saturated carbocycles. The van der Waals surface area contributed by atoms with Crippen molar-refractivity contribution < 1.29 is 15.0 Å². The van der Waals surface area contributed by atoms with Gasteiger partial charge < -0.3 is 10.2 Å². The van der Waals surface area contributed by atoms with E-state index >= 15 is 0 Å². The van der Waals surface area contributed by atoms with Crippen molar-refractivity contribution in [2.45, 2.75) is 31.2 Å². The summed E-state index contributed by atoms with van der Waals surface area (Å²) >= 11 is 1.42. The topological polar surface area (TPSA) is 70.4 Å². The van der Waals surface area contributed by atoms with Gasteiger partial charge >= 0.3 is 5.97 Å². The number of hydrogen-bond donors (Lipinski definition) is 2. The molecule has 0 saturated heterocycles. The zero-order valence-corrected chi connectivity index (χ0v) is 12.8. The largest absolute Gasteiger partial charge is 0.478 e. The van der Waals surface area contributed by atoms with Crippen molar-refractivity contribution in [3.05, 3.63) is 58.3 Å². The maximum atomic E-state index is 11.4. The van der Waals surface area contributed by atoms with Crippen LogP contribution in [0.4, 0.5) is 0 Å². The van der Waals surface area contributed by atoms with E-state index in [1.54, 1.807) is 13.0 Å². The van der Waals surface area contributed by atoms with E-state index < -0.39 is 5.97 Å². The number of nitrogens with zero attached hydrogens (tertiary/aromatic N) is 1. The fourth-order valence-corrected chi connectivity index (χ4v) is 3.16. The highest BCUT2D eigenvalue weighted by Gasteiger charge is 2.16. The number of carbonyl (C=O) groups is 1. The molecule has 0 unspecified atom stereocenters. The summed E-state index contributed by atoms with van der Waals surface area (Å²) in [4.78, 5) is 15.7. The molecule has 0 bridgehead atoms. The number of benzene rings is 1. The average molecular weight is 303 g/mol. The van der Waals surface area contributed by atoms with E-state index in [4.69, 9.17) is 5.11 Å². The molecule has 4 nitrogen and oxygen atoms in total. The Morgan fingerprint density at radius 3 is 2.38 bits per heavy atom. The normalized spacial score (nSPS) is 10.6. The van der Waals surface area contributed by atoms with Crippen LogP contribution < -0.4 is 0 Å². The van der Waals surface area contributed by atoms with E-state index in [9.17, 15) is 9.90 Å². The monoisotopic (exact) mass is 303 g/mol. The van der Waals surface area contributed by atoms with Crippen molar-refractivity contribution in [2.75, 3.05) is 0 Å². The lowest BCUT2D eigenvalue weighted by Gasteiger charge is -2.09. The van der Waals surface area contributed by atoms with Gasteiger partial charge in [0, 0.05) is 11.4 Å². The minimum atomic E-state index is -0.946. The maximum Gasteiger partial charge on any atom is 0.338 e. The Hall–Kier alpha value is -1.85. The van der Waals surface area contributed by atoms with Gasteiger partial charge in [0.05, 0.1) is 12.2 Å². The summed E-state index contributed by atoms with van der Waals surface area (Å²) in [7, 11) is 0. The van der Waals surface area contributed by atoms with Crippen LogP contribution in [0.1, 0.15) is 32.7 Å². The third-order valence-electron chi connectivity index (χ3n) is 3.11. The second kappa shape index (κ2) is 6.74. The highest BCUT2D eigenvalue weighted by atomic mass is 32.2. The number of carboxylic acids is 1. The Morgan fingerprint density at radius 2 is 1.81 bits per heavy atom. The molecule has 2 N–H and O–H groups in total. The van der Waals surface area contributed by atoms with Gasteiger partial charge in [0.2, 0.25) is 0 Å². The van der Waals surface area contributed by atoms with E-state index in [0.29, 0.717) is 10.8 Å². The molecule has 2 rings (SSSR count). The molecule has 2 aromatic rings. The molecule has 110 valence electrons. The molecule has 0 amide bonds. The maximum absolute atomic E-state index is 11.4. The Bertz CT molecular complexity index is 653. The molecule has 1 aromatic heterocycles. The number of aliphatic hydroxyl groups is 1. The number of hydrogen-bond acceptors (Lipinski definition) is 4. The van der Waals surface area contributed by atoms with Crippen LogP contribution >= 0.6 is 11.8 Å². The minimum Gasteiger partial charge on any atom is -0.478 e. The van der Waals surface area contributed by atoms with Crippen molar-refractivity contribution in [3.63, 3.8) is 0 Å². The first-order valence-corrected chi connectivity index (χ1v) is 7.53. The van der Waals surface area contributed by atoms with Crippen molar-refractivity contribution in [1.29, 1.82) is 0 Å². The highest BCUT2D eigenvalue weighted by Crippen LogP contribution is 2.27. The van der Waals surface area contributed by atoms with Crippen molar-refractivity contribution >= 4 is 17.7 Å². The van der Waals surface area contributed by atoms with Crippen LogP contribution in [0.5, 0.6) is 0 Å². The van der Waals surface area contributed by atoms with Gasteiger partial charge in [-0.05, 0) is 36.6 Å². The zero-order valence-electron chi connectivity index (χ0n) is 12.0. The quantitative estimate of drug-likeness (QED) is 0.830. The lowest BCUT2D eigenvalue weighted by molar-refractivity contribution is 0.0691. The third-order valence-corrected chi connectivity index (χ3v) is 4.15. The summed E-state index contributed by atoms with van der Waals surface area (Å²) in [6.45, 7) is 3.67. The van der Waals surface area contributed by atoms with Crippen LogP contribution in [0.2, 0.25) is 0 Å². The third kappa shape index (κ3) is 3.83. The molecule has 1 heterocycles. The summed E-state index contributed by atoms with van der Waals surface area (Å²) in [5, 5.41) is 18.9. The summed E-state index contributed by atoms with van der Waals surface area (Å²) in [5.41, 5.74) is 3.75. The molecule has 0 aliphatic carbocycles. The number of aromatic carboxylic acids is 1. The smallest absolute Gasteiger partial charge is 0.338 e. The molecule has 0 atom stereocenters. The van der Waals surface area contributed by atoms with Crippen molar-refractivity contribution in [1.82, 2.24) is 4.98 Å². The first kappa shape index (κ1) is 15.5. The molecule has 5 heteroatoms. The zero-order chi connectivity index (χ0) is 15.4. The number of aliphatic hydroxyl groups excluding tert-OH is 1. The molecule has 1 aromatic carbocycles. The van der Waals surface area contributed by atoms with Crippen molar-refractivity contribution in [3.8, 4) is 0 Å². The predicted molar refractivity (Wildman–Crippen MR) is 82.6 cm³/mol. The molecule has 0 aliphatic heterocycles.